The topological polar surface area (TPSA) is 80.9 Å². The average molecular weight is 258 g/mol. The Bertz CT molecular complexity index is 579. The largest absolute Gasteiger partial charge is 0.477 e. The molecule has 6 nitrogen and oxygen atoms in total. The molecular formula is C9H5F3N4O2. The summed E-state index contributed by atoms with van der Waals surface area (Å²) in [5.41, 5.74) is -1.97. The number of aromatic nitrogens is 4. The molecule has 0 saturated carbocycles. The first-order valence-electron chi connectivity index (χ1n) is 4.57. The summed E-state index contributed by atoms with van der Waals surface area (Å²) in [5.74, 6) is -1.80. The lowest BCUT2D eigenvalue weighted by molar-refractivity contribution is -0.141. The summed E-state index contributed by atoms with van der Waals surface area (Å²) in [6.07, 6.45) is -2.20. The van der Waals surface area contributed by atoms with Crippen LogP contribution in [0.2, 0.25) is 0 Å². The normalized spacial score (nSPS) is 11.5. The van der Waals surface area contributed by atoms with E-state index in [4.69, 9.17) is 5.11 Å². The van der Waals surface area contributed by atoms with Gasteiger partial charge in [-0.25, -0.2) is 14.8 Å². The Kier molecular flexibility index (Phi) is 2.73. The van der Waals surface area contributed by atoms with Gasteiger partial charge in [0.15, 0.2) is 11.4 Å². The van der Waals surface area contributed by atoms with E-state index in [-0.39, 0.29) is 5.95 Å². The van der Waals surface area contributed by atoms with Crippen LogP contribution in [-0.2, 0) is 6.18 Å². The fourth-order valence-corrected chi connectivity index (χ4v) is 1.23. The number of carboxylic acid groups (broad SMARTS) is 1. The molecule has 2 aromatic rings. The minimum absolute atomic E-state index is 0.245. The molecule has 2 heterocycles. The summed E-state index contributed by atoms with van der Waals surface area (Å²) < 4.78 is 37.9. The second-order valence-corrected chi connectivity index (χ2v) is 3.18. The zero-order valence-corrected chi connectivity index (χ0v) is 8.59. The standard InChI is InChI=1S/C9H5F3N4O2/c10-9(11,12)6-4-5(7(17)18)16(15-6)8-13-2-1-3-14-8/h1-4H,(H,17,18). The zero-order chi connectivity index (χ0) is 13.3. The van der Waals surface area contributed by atoms with Crippen LogP contribution < -0.4 is 0 Å². The van der Waals surface area contributed by atoms with Crippen LogP contribution in [0.15, 0.2) is 24.5 Å². The van der Waals surface area contributed by atoms with Crippen molar-refractivity contribution in [1.82, 2.24) is 19.7 Å². The van der Waals surface area contributed by atoms with Gasteiger partial charge in [-0.2, -0.15) is 23.0 Å². The molecule has 0 aliphatic rings. The highest BCUT2D eigenvalue weighted by Gasteiger charge is 2.36. The number of hydrogen-bond acceptors (Lipinski definition) is 4. The van der Waals surface area contributed by atoms with E-state index in [1.54, 1.807) is 0 Å². The number of hydrogen-bond donors (Lipinski definition) is 1. The summed E-state index contributed by atoms with van der Waals surface area (Å²) in [4.78, 5) is 18.1. The fraction of sp³-hybridized carbons (Fsp3) is 0.111. The predicted octanol–water partition coefficient (Wildman–Crippen LogP) is 1.38. The maximum Gasteiger partial charge on any atom is 0.435 e. The third kappa shape index (κ3) is 2.14. The van der Waals surface area contributed by atoms with Crippen molar-refractivity contribution in [3.63, 3.8) is 0 Å². The number of nitrogens with zero attached hydrogens (tertiary/aromatic N) is 4. The molecule has 0 fully saturated rings. The summed E-state index contributed by atoms with van der Waals surface area (Å²) in [6, 6.07) is 1.87. The van der Waals surface area contributed by atoms with Crippen molar-refractivity contribution in [3.8, 4) is 5.95 Å². The molecule has 0 aromatic carbocycles. The molecule has 0 radical (unpaired) electrons. The van der Waals surface area contributed by atoms with E-state index < -0.39 is 23.5 Å². The van der Waals surface area contributed by atoms with Crippen molar-refractivity contribution >= 4 is 5.97 Å². The van der Waals surface area contributed by atoms with Crippen LogP contribution in [0.5, 0.6) is 0 Å². The highest BCUT2D eigenvalue weighted by Crippen LogP contribution is 2.29. The number of carboxylic acids is 1. The van der Waals surface area contributed by atoms with Gasteiger partial charge in [0.2, 0.25) is 0 Å². The minimum Gasteiger partial charge on any atom is -0.477 e. The van der Waals surface area contributed by atoms with Crippen molar-refractivity contribution < 1.29 is 23.1 Å². The van der Waals surface area contributed by atoms with Crippen molar-refractivity contribution in [2.45, 2.75) is 6.18 Å². The fourth-order valence-electron chi connectivity index (χ4n) is 1.23. The molecule has 0 unspecified atom stereocenters. The number of aromatic carboxylic acids is 1. The van der Waals surface area contributed by atoms with Crippen LogP contribution >= 0.6 is 0 Å². The maximum atomic E-state index is 12.5. The van der Waals surface area contributed by atoms with E-state index in [1.165, 1.54) is 18.5 Å². The first kappa shape index (κ1) is 12.0. The molecule has 1 N–H and O–H groups in total. The first-order valence-corrected chi connectivity index (χ1v) is 4.57. The molecule has 0 bridgehead atoms. The SMILES string of the molecule is O=C(O)c1cc(C(F)(F)F)nn1-c1ncccn1. The van der Waals surface area contributed by atoms with Gasteiger partial charge in [0.1, 0.15) is 0 Å². The van der Waals surface area contributed by atoms with Crippen LogP contribution in [0.3, 0.4) is 0 Å². The van der Waals surface area contributed by atoms with Crippen LogP contribution in [0.1, 0.15) is 16.2 Å². The Morgan fingerprint density at radius 2 is 1.89 bits per heavy atom. The minimum atomic E-state index is -4.73. The second kappa shape index (κ2) is 4.09. The number of alkyl halides is 3. The molecule has 18 heavy (non-hydrogen) atoms. The monoisotopic (exact) mass is 258 g/mol. The third-order valence-corrected chi connectivity index (χ3v) is 1.96. The van der Waals surface area contributed by atoms with Gasteiger partial charge in [-0.1, -0.05) is 0 Å². The highest BCUT2D eigenvalue weighted by atomic mass is 19.4. The van der Waals surface area contributed by atoms with Crippen molar-refractivity contribution in [2.75, 3.05) is 0 Å². The number of rotatable bonds is 2. The average Bonchev–Trinajstić information content (AvgIpc) is 2.74. The van der Waals surface area contributed by atoms with Gasteiger partial charge in [-0.15, -0.1) is 0 Å². The molecule has 0 saturated heterocycles. The highest BCUT2D eigenvalue weighted by molar-refractivity contribution is 5.86. The zero-order valence-electron chi connectivity index (χ0n) is 8.59. The van der Waals surface area contributed by atoms with Crippen molar-refractivity contribution in [3.05, 3.63) is 35.9 Å². The molecule has 0 amide bonds. The third-order valence-electron chi connectivity index (χ3n) is 1.96. The Balaban J connectivity index is 2.60. The van der Waals surface area contributed by atoms with Crippen LogP contribution in [0, 0.1) is 0 Å². The van der Waals surface area contributed by atoms with E-state index in [2.05, 4.69) is 15.1 Å². The van der Waals surface area contributed by atoms with E-state index in [1.807, 2.05) is 0 Å². The van der Waals surface area contributed by atoms with Crippen molar-refractivity contribution in [1.29, 1.82) is 0 Å². The number of carbonyl (C=O) groups is 1. The Hall–Kier alpha value is -2.45. The van der Waals surface area contributed by atoms with Crippen LogP contribution in [0.4, 0.5) is 13.2 Å². The molecule has 9 heteroatoms. The lowest BCUT2D eigenvalue weighted by atomic mass is 10.3. The van der Waals surface area contributed by atoms with Gasteiger partial charge in [0.05, 0.1) is 0 Å². The second-order valence-electron chi connectivity index (χ2n) is 3.18. The molecule has 0 atom stereocenters. The predicted molar refractivity (Wildman–Crippen MR) is 51.1 cm³/mol. The van der Waals surface area contributed by atoms with E-state index in [9.17, 15) is 18.0 Å². The molecular weight excluding hydrogens is 253 g/mol. The van der Waals surface area contributed by atoms with Crippen LogP contribution in [-0.4, -0.2) is 30.8 Å². The first-order chi connectivity index (χ1) is 8.39. The van der Waals surface area contributed by atoms with Crippen LogP contribution in [0.25, 0.3) is 5.95 Å². The summed E-state index contributed by atoms with van der Waals surface area (Å²) in [6.45, 7) is 0. The van der Waals surface area contributed by atoms with Gasteiger partial charge in [0.25, 0.3) is 5.95 Å². The van der Waals surface area contributed by atoms with Gasteiger partial charge >= 0.3 is 12.1 Å². The molecule has 0 aliphatic carbocycles. The lowest BCUT2D eigenvalue weighted by Crippen LogP contribution is -2.11. The van der Waals surface area contributed by atoms with E-state index in [0.29, 0.717) is 10.7 Å². The molecule has 2 aromatic heterocycles. The van der Waals surface area contributed by atoms with Gasteiger partial charge in [-0.3, -0.25) is 0 Å². The Morgan fingerprint density at radius 3 is 2.39 bits per heavy atom. The molecule has 94 valence electrons. The van der Waals surface area contributed by atoms with E-state index >= 15 is 0 Å². The van der Waals surface area contributed by atoms with Gasteiger partial charge < -0.3 is 5.11 Å². The summed E-state index contributed by atoms with van der Waals surface area (Å²) >= 11 is 0. The number of halogens is 3. The Morgan fingerprint density at radius 1 is 1.28 bits per heavy atom. The van der Waals surface area contributed by atoms with Crippen molar-refractivity contribution in [2.24, 2.45) is 0 Å². The molecule has 0 spiro atoms. The van der Waals surface area contributed by atoms with Gasteiger partial charge in [-0.05, 0) is 6.07 Å². The smallest absolute Gasteiger partial charge is 0.435 e. The maximum absolute atomic E-state index is 12.5. The molecule has 2 rings (SSSR count). The summed E-state index contributed by atoms with van der Waals surface area (Å²) in [5, 5.41) is 12.0. The summed E-state index contributed by atoms with van der Waals surface area (Å²) in [7, 11) is 0. The van der Waals surface area contributed by atoms with Gasteiger partial charge in [0, 0.05) is 18.5 Å². The lowest BCUT2D eigenvalue weighted by Gasteiger charge is -2.01. The quantitative estimate of drug-likeness (QED) is 0.880. The van der Waals surface area contributed by atoms with E-state index in [0.717, 1.165) is 0 Å². The molecule has 0 aliphatic heterocycles. The Labute approximate surface area is 97.7 Å².